The Hall–Kier alpha value is -1.44. The summed E-state index contributed by atoms with van der Waals surface area (Å²) < 4.78 is 29.5. The maximum atomic E-state index is 12.8. The average Bonchev–Trinajstić information content (AvgIpc) is 2.71. The number of rotatable bonds is 10. The van der Waals surface area contributed by atoms with Crippen LogP contribution in [-0.4, -0.2) is 25.5 Å². The molecular formula is C23H30BrNO4S. The third kappa shape index (κ3) is 6.79. The van der Waals surface area contributed by atoms with Crippen LogP contribution in [0.1, 0.15) is 56.9 Å². The van der Waals surface area contributed by atoms with E-state index >= 15 is 0 Å². The highest BCUT2D eigenvalue weighted by Gasteiger charge is 2.44. The maximum absolute atomic E-state index is 12.8. The van der Waals surface area contributed by atoms with Crippen LogP contribution in [0.15, 0.2) is 46.3 Å². The van der Waals surface area contributed by atoms with Gasteiger partial charge in [-0.1, -0.05) is 40.2 Å². The highest BCUT2D eigenvalue weighted by Crippen LogP contribution is 2.47. The summed E-state index contributed by atoms with van der Waals surface area (Å²) in [5.41, 5.74) is 0.834. The molecule has 30 heavy (non-hydrogen) atoms. The van der Waals surface area contributed by atoms with Gasteiger partial charge in [-0.05, 0) is 86.5 Å². The monoisotopic (exact) mass is 495 g/mol. The highest BCUT2D eigenvalue weighted by molar-refractivity contribution is 9.10. The predicted octanol–water partition coefficient (Wildman–Crippen LogP) is 5.35. The fourth-order valence-corrected chi connectivity index (χ4v) is 6.43. The van der Waals surface area contributed by atoms with E-state index in [2.05, 4.69) is 26.7 Å². The molecule has 0 radical (unpaired) electrons. The molecule has 164 valence electrons. The first kappa shape index (κ1) is 23.2. The van der Waals surface area contributed by atoms with E-state index < -0.39 is 16.0 Å². The van der Waals surface area contributed by atoms with Crippen molar-refractivity contribution >= 4 is 38.0 Å². The number of hydrogen-bond donors (Lipinski definition) is 2. The summed E-state index contributed by atoms with van der Waals surface area (Å²) >= 11 is 3.40. The molecule has 0 heterocycles. The van der Waals surface area contributed by atoms with Gasteiger partial charge in [-0.25, -0.2) is 13.1 Å². The van der Waals surface area contributed by atoms with Crippen molar-refractivity contribution in [3.63, 3.8) is 0 Å². The summed E-state index contributed by atoms with van der Waals surface area (Å²) in [5.74, 6) is 0.496. The standard InChI is InChI=1S/C23H30BrNO4S/c24-20-7-5-6-17(16-20)14-15-30(28,29)25-23-19-12-10-18(11-13-19)21(23)8-3-1-2-4-9-22(26)27/h1,3,5-7,14-16,18-19,21,23,25H,2,4,8-13H2,(H,26,27)/b3-1+,15-14+. The van der Waals surface area contributed by atoms with Crippen molar-refractivity contribution in [2.24, 2.45) is 17.8 Å². The number of sulfonamides is 1. The van der Waals surface area contributed by atoms with Crippen molar-refractivity contribution < 1.29 is 18.3 Å². The molecule has 5 nitrogen and oxygen atoms in total. The Kier molecular flexibility index (Phi) is 8.31. The van der Waals surface area contributed by atoms with Crippen LogP contribution in [0.25, 0.3) is 6.08 Å². The van der Waals surface area contributed by atoms with Crippen LogP contribution in [0, 0.1) is 17.8 Å². The molecule has 0 spiro atoms. The van der Waals surface area contributed by atoms with Crippen LogP contribution in [0.5, 0.6) is 0 Å². The first-order valence-electron chi connectivity index (χ1n) is 10.7. The fraction of sp³-hybridized carbons (Fsp3) is 0.522. The minimum atomic E-state index is -3.53. The molecule has 3 saturated carbocycles. The van der Waals surface area contributed by atoms with E-state index in [0.717, 1.165) is 35.7 Å². The molecular weight excluding hydrogens is 466 g/mol. The number of aliphatic carboxylic acids is 1. The summed E-state index contributed by atoms with van der Waals surface area (Å²) in [5, 5.41) is 9.99. The quantitative estimate of drug-likeness (QED) is 0.338. The van der Waals surface area contributed by atoms with Gasteiger partial charge in [0.2, 0.25) is 10.0 Å². The molecule has 2 bridgehead atoms. The normalized spacial score (nSPS) is 26.6. The number of fused-ring (bicyclic) bond motifs is 3. The van der Waals surface area contributed by atoms with E-state index in [1.807, 2.05) is 30.3 Å². The lowest BCUT2D eigenvalue weighted by Crippen LogP contribution is -2.52. The fourth-order valence-electron chi connectivity index (χ4n) is 4.85. The first-order chi connectivity index (χ1) is 14.3. The Balaban J connectivity index is 1.62. The Labute approximate surface area is 187 Å². The summed E-state index contributed by atoms with van der Waals surface area (Å²) in [6, 6.07) is 7.51. The van der Waals surface area contributed by atoms with Gasteiger partial charge < -0.3 is 5.11 Å². The highest BCUT2D eigenvalue weighted by atomic mass is 79.9. The molecule has 7 heteroatoms. The lowest BCUT2D eigenvalue weighted by atomic mass is 9.61. The second kappa shape index (κ2) is 10.7. The summed E-state index contributed by atoms with van der Waals surface area (Å²) in [6.45, 7) is 0. The van der Waals surface area contributed by atoms with Crippen LogP contribution in [0.3, 0.4) is 0 Å². The Morgan fingerprint density at radius 2 is 1.90 bits per heavy atom. The minimum Gasteiger partial charge on any atom is -0.481 e. The van der Waals surface area contributed by atoms with Crippen molar-refractivity contribution in [1.29, 1.82) is 0 Å². The molecule has 1 aromatic rings. The van der Waals surface area contributed by atoms with Crippen molar-refractivity contribution in [3.8, 4) is 0 Å². The number of unbranched alkanes of at least 4 members (excludes halogenated alkanes) is 1. The summed E-state index contributed by atoms with van der Waals surface area (Å²) in [6.07, 6.45) is 12.7. The van der Waals surface area contributed by atoms with Gasteiger partial charge in [0.25, 0.3) is 0 Å². The Morgan fingerprint density at radius 3 is 2.60 bits per heavy atom. The average molecular weight is 496 g/mol. The SMILES string of the molecule is O=C(O)CCC/C=C/CC1C2CCC(CC2)C1NS(=O)(=O)/C=C/c1cccc(Br)c1. The molecule has 3 aliphatic carbocycles. The molecule has 4 rings (SSSR count). The third-order valence-electron chi connectivity index (χ3n) is 6.32. The molecule has 3 fully saturated rings. The van der Waals surface area contributed by atoms with E-state index in [-0.39, 0.29) is 12.5 Å². The number of nitrogens with one attached hydrogen (secondary N) is 1. The van der Waals surface area contributed by atoms with Crippen molar-refractivity contribution in [3.05, 3.63) is 51.9 Å². The summed E-state index contributed by atoms with van der Waals surface area (Å²) in [7, 11) is -3.53. The van der Waals surface area contributed by atoms with E-state index in [0.29, 0.717) is 24.2 Å². The van der Waals surface area contributed by atoms with Gasteiger partial charge in [-0.3, -0.25) is 4.79 Å². The van der Waals surface area contributed by atoms with E-state index in [4.69, 9.17) is 5.11 Å². The van der Waals surface area contributed by atoms with Crippen molar-refractivity contribution in [2.75, 3.05) is 0 Å². The topological polar surface area (TPSA) is 83.5 Å². The molecule has 2 atom stereocenters. The maximum Gasteiger partial charge on any atom is 0.303 e. The third-order valence-corrected chi connectivity index (χ3v) is 7.90. The number of carbonyl (C=O) groups is 1. The zero-order valence-corrected chi connectivity index (χ0v) is 19.4. The minimum absolute atomic E-state index is 0.0293. The van der Waals surface area contributed by atoms with Gasteiger partial charge in [-0.2, -0.15) is 0 Å². The zero-order chi connectivity index (χ0) is 21.6. The number of benzene rings is 1. The lowest BCUT2D eigenvalue weighted by Gasteiger charge is -2.48. The van der Waals surface area contributed by atoms with Gasteiger partial charge in [0.1, 0.15) is 0 Å². The Bertz CT molecular complexity index is 888. The van der Waals surface area contributed by atoms with E-state index in [1.165, 1.54) is 18.2 Å². The van der Waals surface area contributed by atoms with Crippen molar-refractivity contribution in [1.82, 2.24) is 4.72 Å². The van der Waals surface area contributed by atoms with Gasteiger partial charge >= 0.3 is 5.97 Å². The van der Waals surface area contributed by atoms with Gasteiger partial charge in [0, 0.05) is 22.3 Å². The number of halogens is 1. The molecule has 0 aromatic heterocycles. The zero-order valence-electron chi connectivity index (χ0n) is 17.0. The van der Waals surface area contributed by atoms with Crippen LogP contribution < -0.4 is 4.72 Å². The first-order valence-corrected chi connectivity index (χ1v) is 13.0. The van der Waals surface area contributed by atoms with Gasteiger partial charge in [-0.15, -0.1) is 0 Å². The molecule has 0 saturated heterocycles. The number of allylic oxidation sites excluding steroid dienone is 2. The van der Waals surface area contributed by atoms with Crippen LogP contribution in [-0.2, 0) is 14.8 Å². The summed E-state index contributed by atoms with van der Waals surface area (Å²) in [4.78, 5) is 10.6. The smallest absolute Gasteiger partial charge is 0.303 e. The van der Waals surface area contributed by atoms with E-state index in [9.17, 15) is 13.2 Å². The number of hydrogen-bond acceptors (Lipinski definition) is 3. The lowest BCUT2D eigenvalue weighted by molar-refractivity contribution is -0.137. The second-order valence-electron chi connectivity index (χ2n) is 8.38. The molecule has 0 aliphatic heterocycles. The van der Waals surface area contributed by atoms with Crippen LogP contribution in [0.2, 0.25) is 0 Å². The molecule has 1 aromatic carbocycles. The molecule has 2 unspecified atom stereocenters. The molecule has 0 amide bonds. The van der Waals surface area contributed by atoms with E-state index in [1.54, 1.807) is 6.08 Å². The second-order valence-corrected chi connectivity index (χ2v) is 10.9. The Morgan fingerprint density at radius 1 is 1.17 bits per heavy atom. The number of carboxylic acids is 1. The van der Waals surface area contributed by atoms with Crippen LogP contribution in [0.4, 0.5) is 0 Å². The van der Waals surface area contributed by atoms with Crippen LogP contribution >= 0.6 is 15.9 Å². The predicted molar refractivity (Wildman–Crippen MR) is 123 cm³/mol. The number of carboxylic acid groups (broad SMARTS) is 1. The van der Waals surface area contributed by atoms with Gasteiger partial charge in [0.05, 0.1) is 0 Å². The molecule has 2 N–H and O–H groups in total. The van der Waals surface area contributed by atoms with Gasteiger partial charge in [0.15, 0.2) is 0 Å². The molecule has 3 aliphatic rings. The largest absolute Gasteiger partial charge is 0.481 e. The van der Waals surface area contributed by atoms with Crippen molar-refractivity contribution in [2.45, 2.75) is 57.4 Å².